The normalized spacial score (nSPS) is 11.8. The van der Waals surface area contributed by atoms with Crippen molar-refractivity contribution >= 4 is 9.84 Å². The van der Waals surface area contributed by atoms with Gasteiger partial charge in [0, 0.05) is 12.1 Å². The van der Waals surface area contributed by atoms with E-state index in [4.69, 9.17) is 9.47 Å². The van der Waals surface area contributed by atoms with Crippen molar-refractivity contribution in [2.24, 2.45) is 0 Å². The molecule has 0 heterocycles. The van der Waals surface area contributed by atoms with Gasteiger partial charge in [0.05, 0.1) is 12.2 Å². The summed E-state index contributed by atoms with van der Waals surface area (Å²) in [6.07, 6.45) is -0.552. The van der Waals surface area contributed by atoms with E-state index in [0.717, 1.165) is 0 Å². The Kier molecular flexibility index (Phi) is 5.47. The molecule has 0 aliphatic rings. The molecule has 6 nitrogen and oxygen atoms in total. The van der Waals surface area contributed by atoms with Crippen molar-refractivity contribution in [2.45, 2.75) is 49.7 Å². The standard InChI is InChI=1S/C18H22O6S/c1-11(2)23-15-9-13(19)5-7-17(15)25(21,22)18-8-6-14(20)10-16(18)24-12(3)4/h5-12,19-20H,1-4H3. The minimum atomic E-state index is -4.00. The van der Waals surface area contributed by atoms with Gasteiger partial charge in [0.25, 0.3) is 0 Å². The zero-order chi connectivity index (χ0) is 18.8. The second kappa shape index (κ2) is 7.23. The van der Waals surface area contributed by atoms with Crippen LogP contribution in [-0.2, 0) is 9.84 Å². The average molecular weight is 366 g/mol. The van der Waals surface area contributed by atoms with E-state index < -0.39 is 9.84 Å². The summed E-state index contributed by atoms with van der Waals surface area (Å²) in [5.41, 5.74) is 0. The molecule has 0 aliphatic carbocycles. The molecule has 0 fully saturated rings. The van der Waals surface area contributed by atoms with Crippen molar-refractivity contribution in [1.29, 1.82) is 0 Å². The van der Waals surface area contributed by atoms with E-state index in [-0.39, 0.29) is 45.0 Å². The molecule has 7 heteroatoms. The number of phenolic OH excluding ortho intramolecular Hbond substituents is 2. The number of sulfone groups is 1. The summed E-state index contributed by atoms with van der Waals surface area (Å²) in [6, 6.07) is 7.66. The van der Waals surface area contributed by atoms with Crippen LogP contribution in [0, 0.1) is 0 Å². The van der Waals surface area contributed by atoms with Crippen molar-refractivity contribution in [3.05, 3.63) is 36.4 Å². The van der Waals surface area contributed by atoms with E-state index in [1.54, 1.807) is 27.7 Å². The highest BCUT2D eigenvalue weighted by atomic mass is 32.2. The average Bonchev–Trinajstić information content (AvgIpc) is 2.45. The van der Waals surface area contributed by atoms with Gasteiger partial charge in [-0.3, -0.25) is 0 Å². The van der Waals surface area contributed by atoms with Gasteiger partial charge in [-0.05, 0) is 52.0 Å². The Hall–Kier alpha value is -2.41. The van der Waals surface area contributed by atoms with Gasteiger partial charge in [0.1, 0.15) is 32.8 Å². The van der Waals surface area contributed by atoms with Crippen LogP contribution in [0.5, 0.6) is 23.0 Å². The Balaban J connectivity index is 2.64. The molecule has 0 bridgehead atoms. The summed E-state index contributed by atoms with van der Waals surface area (Å²) in [5.74, 6) is -0.0879. The monoisotopic (exact) mass is 366 g/mol. The van der Waals surface area contributed by atoms with E-state index in [2.05, 4.69) is 0 Å². The molecule has 0 aromatic heterocycles. The highest BCUT2D eigenvalue weighted by Gasteiger charge is 2.27. The van der Waals surface area contributed by atoms with E-state index in [1.807, 2.05) is 0 Å². The topological polar surface area (TPSA) is 93.1 Å². The molecule has 0 saturated heterocycles. The summed E-state index contributed by atoms with van der Waals surface area (Å²) in [4.78, 5) is -0.170. The van der Waals surface area contributed by atoms with Crippen LogP contribution in [0.2, 0.25) is 0 Å². The highest BCUT2D eigenvalue weighted by molar-refractivity contribution is 7.91. The van der Waals surface area contributed by atoms with Gasteiger partial charge in [-0.2, -0.15) is 0 Å². The zero-order valence-electron chi connectivity index (χ0n) is 14.6. The lowest BCUT2D eigenvalue weighted by Gasteiger charge is -2.18. The Labute approximate surface area is 147 Å². The second-order valence-corrected chi connectivity index (χ2v) is 7.99. The minimum Gasteiger partial charge on any atom is -0.508 e. The number of rotatable bonds is 6. The largest absolute Gasteiger partial charge is 0.508 e. The number of ether oxygens (including phenoxy) is 2. The van der Waals surface area contributed by atoms with E-state index in [0.29, 0.717) is 0 Å². The first-order valence-electron chi connectivity index (χ1n) is 7.85. The first kappa shape index (κ1) is 18.9. The SMILES string of the molecule is CC(C)Oc1cc(O)ccc1S(=O)(=O)c1ccc(O)cc1OC(C)C. The molecule has 0 aliphatic heterocycles. The Morgan fingerprint density at radius 1 is 0.760 bits per heavy atom. The summed E-state index contributed by atoms with van der Waals surface area (Å²) in [7, 11) is -4.00. The number of aromatic hydroxyl groups is 2. The molecule has 2 rings (SSSR count). The van der Waals surface area contributed by atoms with Gasteiger partial charge in [-0.25, -0.2) is 8.42 Å². The predicted octanol–water partition coefficient (Wildman–Crippen LogP) is 3.51. The van der Waals surface area contributed by atoms with Crippen molar-refractivity contribution in [3.8, 4) is 23.0 Å². The highest BCUT2D eigenvalue weighted by Crippen LogP contribution is 2.38. The Morgan fingerprint density at radius 2 is 1.12 bits per heavy atom. The first-order chi connectivity index (χ1) is 11.6. The van der Waals surface area contributed by atoms with Gasteiger partial charge < -0.3 is 19.7 Å². The third-order valence-corrected chi connectivity index (χ3v) is 4.99. The van der Waals surface area contributed by atoms with Crippen LogP contribution in [-0.4, -0.2) is 30.8 Å². The quantitative estimate of drug-likeness (QED) is 0.813. The molecule has 2 aromatic rings. The van der Waals surface area contributed by atoms with Crippen LogP contribution in [0.1, 0.15) is 27.7 Å². The van der Waals surface area contributed by atoms with Crippen molar-refractivity contribution in [3.63, 3.8) is 0 Å². The van der Waals surface area contributed by atoms with E-state index in [1.165, 1.54) is 36.4 Å². The third kappa shape index (κ3) is 4.36. The molecular formula is C18H22O6S. The van der Waals surface area contributed by atoms with Gasteiger partial charge in [0.15, 0.2) is 0 Å². The van der Waals surface area contributed by atoms with E-state index >= 15 is 0 Å². The lowest BCUT2D eigenvalue weighted by Crippen LogP contribution is -2.13. The lowest BCUT2D eigenvalue weighted by atomic mass is 10.3. The molecular weight excluding hydrogens is 344 g/mol. The molecule has 2 N–H and O–H groups in total. The van der Waals surface area contributed by atoms with Crippen LogP contribution in [0.15, 0.2) is 46.2 Å². The van der Waals surface area contributed by atoms with Crippen LogP contribution < -0.4 is 9.47 Å². The number of phenols is 2. The van der Waals surface area contributed by atoms with Crippen molar-refractivity contribution in [2.75, 3.05) is 0 Å². The zero-order valence-corrected chi connectivity index (χ0v) is 15.4. The fourth-order valence-electron chi connectivity index (χ4n) is 2.25. The third-order valence-electron chi connectivity index (χ3n) is 3.16. The van der Waals surface area contributed by atoms with Gasteiger partial charge >= 0.3 is 0 Å². The second-order valence-electron chi connectivity index (χ2n) is 6.10. The molecule has 0 amide bonds. The fraction of sp³-hybridized carbons (Fsp3) is 0.333. The van der Waals surface area contributed by atoms with Gasteiger partial charge in [-0.15, -0.1) is 0 Å². The number of hydrogen-bond donors (Lipinski definition) is 2. The smallest absolute Gasteiger partial charge is 0.213 e. The maximum absolute atomic E-state index is 13.1. The van der Waals surface area contributed by atoms with Crippen molar-refractivity contribution < 1.29 is 28.1 Å². The Morgan fingerprint density at radius 3 is 1.44 bits per heavy atom. The molecule has 0 atom stereocenters. The van der Waals surface area contributed by atoms with Crippen LogP contribution in [0.3, 0.4) is 0 Å². The molecule has 136 valence electrons. The molecule has 0 saturated carbocycles. The van der Waals surface area contributed by atoms with E-state index in [9.17, 15) is 18.6 Å². The number of benzene rings is 2. The summed E-state index contributed by atoms with van der Waals surface area (Å²) in [6.45, 7) is 7.03. The fourth-order valence-corrected chi connectivity index (χ4v) is 3.72. The molecule has 25 heavy (non-hydrogen) atoms. The number of hydrogen-bond acceptors (Lipinski definition) is 6. The molecule has 0 spiro atoms. The van der Waals surface area contributed by atoms with Crippen LogP contribution in [0.25, 0.3) is 0 Å². The van der Waals surface area contributed by atoms with Crippen molar-refractivity contribution in [1.82, 2.24) is 0 Å². The predicted molar refractivity (Wildman–Crippen MR) is 93.2 cm³/mol. The molecule has 0 unspecified atom stereocenters. The maximum Gasteiger partial charge on any atom is 0.213 e. The minimum absolute atomic E-state index is 0.0542. The summed E-state index contributed by atoms with van der Waals surface area (Å²) < 4.78 is 37.4. The summed E-state index contributed by atoms with van der Waals surface area (Å²) >= 11 is 0. The molecule has 2 aromatic carbocycles. The van der Waals surface area contributed by atoms with Crippen LogP contribution in [0.4, 0.5) is 0 Å². The summed E-state index contributed by atoms with van der Waals surface area (Å²) in [5, 5.41) is 19.3. The van der Waals surface area contributed by atoms with Gasteiger partial charge in [0.2, 0.25) is 9.84 Å². The maximum atomic E-state index is 13.1. The molecule has 0 radical (unpaired) electrons. The van der Waals surface area contributed by atoms with Crippen LogP contribution >= 0.6 is 0 Å². The first-order valence-corrected chi connectivity index (χ1v) is 9.34. The lowest BCUT2D eigenvalue weighted by molar-refractivity contribution is 0.233. The Bertz CT molecular complexity index is 790. The van der Waals surface area contributed by atoms with Gasteiger partial charge in [-0.1, -0.05) is 0 Å².